The molecule has 2 aromatic heterocycles. The molecule has 1 atom stereocenters. The van der Waals surface area contributed by atoms with Crippen LogP contribution in [0.2, 0.25) is 0 Å². The van der Waals surface area contributed by atoms with Crippen LogP contribution in [0.3, 0.4) is 0 Å². The van der Waals surface area contributed by atoms with Gasteiger partial charge in [0.05, 0.1) is 17.7 Å². The van der Waals surface area contributed by atoms with E-state index in [0.29, 0.717) is 17.2 Å². The molecule has 0 amide bonds. The van der Waals surface area contributed by atoms with Crippen LogP contribution >= 0.6 is 0 Å². The first kappa shape index (κ1) is 13.3. The van der Waals surface area contributed by atoms with Gasteiger partial charge in [0.2, 0.25) is 11.8 Å². The maximum absolute atomic E-state index is 9.45. The number of ether oxygens (including phenoxy) is 1. The van der Waals surface area contributed by atoms with Gasteiger partial charge in [-0.15, -0.1) is 5.10 Å². The maximum Gasteiger partial charge on any atom is 0.244 e. The Morgan fingerprint density at radius 3 is 2.76 bits per heavy atom. The van der Waals surface area contributed by atoms with Crippen LogP contribution in [-0.2, 0) is 5.41 Å². The maximum atomic E-state index is 9.45. The molecule has 3 N–H and O–H groups in total. The predicted octanol–water partition coefficient (Wildman–Crippen LogP) is 2.52. The van der Waals surface area contributed by atoms with E-state index in [2.05, 4.69) is 37.0 Å². The zero-order valence-electron chi connectivity index (χ0n) is 12.1. The van der Waals surface area contributed by atoms with E-state index in [1.165, 1.54) is 0 Å². The molecule has 21 heavy (non-hydrogen) atoms. The lowest BCUT2D eigenvalue weighted by Crippen LogP contribution is -2.23. The van der Waals surface area contributed by atoms with Gasteiger partial charge in [-0.05, 0) is 12.1 Å². The summed E-state index contributed by atoms with van der Waals surface area (Å²) in [6.07, 6.45) is 1.58. The fourth-order valence-electron chi connectivity index (χ4n) is 2.56. The van der Waals surface area contributed by atoms with Gasteiger partial charge in [0, 0.05) is 11.1 Å². The average molecular weight is 284 g/mol. The predicted molar refractivity (Wildman–Crippen MR) is 75.3 cm³/mol. The van der Waals surface area contributed by atoms with E-state index in [1.807, 2.05) is 6.07 Å². The Morgan fingerprint density at radius 1 is 1.43 bits per heavy atom. The molecule has 1 aliphatic heterocycles. The van der Waals surface area contributed by atoms with Crippen LogP contribution in [-0.4, -0.2) is 10.2 Å². The first-order valence-corrected chi connectivity index (χ1v) is 6.63. The van der Waals surface area contributed by atoms with Crippen molar-refractivity contribution in [2.24, 2.45) is 5.73 Å². The summed E-state index contributed by atoms with van der Waals surface area (Å²) < 4.78 is 11.0. The third kappa shape index (κ3) is 1.98. The number of hydrogen-bond donors (Lipinski definition) is 2. The molecule has 2 aromatic rings. The van der Waals surface area contributed by atoms with E-state index in [1.54, 1.807) is 12.3 Å². The van der Waals surface area contributed by atoms with Crippen molar-refractivity contribution in [1.82, 2.24) is 10.2 Å². The number of rotatable bonds is 1. The molecule has 3 heterocycles. The molecule has 0 aliphatic carbocycles. The lowest BCUT2D eigenvalue weighted by molar-refractivity contribution is 0.370. The Bertz CT molecular complexity index is 742. The summed E-state index contributed by atoms with van der Waals surface area (Å²) >= 11 is 0. The van der Waals surface area contributed by atoms with Crippen molar-refractivity contribution in [3.8, 4) is 11.9 Å². The minimum Gasteiger partial charge on any atom is -0.468 e. The fourth-order valence-corrected chi connectivity index (χ4v) is 2.56. The Kier molecular flexibility index (Phi) is 2.80. The lowest BCUT2D eigenvalue weighted by atomic mass is 9.81. The number of nitrogens with one attached hydrogen (secondary N) is 1. The summed E-state index contributed by atoms with van der Waals surface area (Å²) in [4.78, 5) is 0. The van der Waals surface area contributed by atoms with Crippen LogP contribution in [0, 0.1) is 11.3 Å². The van der Waals surface area contributed by atoms with E-state index in [0.717, 1.165) is 11.3 Å². The Labute approximate surface area is 122 Å². The third-order valence-corrected chi connectivity index (χ3v) is 3.52. The summed E-state index contributed by atoms with van der Waals surface area (Å²) in [5.74, 6) is 0.712. The van der Waals surface area contributed by atoms with Crippen LogP contribution in [0.5, 0.6) is 5.88 Å². The van der Waals surface area contributed by atoms with Gasteiger partial charge in [0.1, 0.15) is 17.4 Å². The number of nitrogens with zero attached hydrogens (tertiary/aromatic N) is 2. The van der Waals surface area contributed by atoms with Crippen LogP contribution in [0.4, 0.5) is 0 Å². The Balaban J connectivity index is 2.26. The van der Waals surface area contributed by atoms with Crippen molar-refractivity contribution in [2.45, 2.75) is 32.1 Å². The summed E-state index contributed by atoms with van der Waals surface area (Å²) in [5.41, 5.74) is 7.73. The van der Waals surface area contributed by atoms with Gasteiger partial charge in [-0.25, -0.2) is 0 Å². The van der Waals surface area contributed by atoms with Crippen molar-refractivity contribution in [1.29, 1.82) is 5.26 Å². The Hall–Kier alpha value is -2.68. The molecule has 108 valence electrons. The molecule has 1 aliphatic rings. The molecule has 0 aromatic carbocycles. The number of hydrogen-bond acceptors (Lipinski definition) is 5. The van der Waals surface area contributed by atoms with E-state index >= 15 is 0 Å². The first-order valence-electron chi connectivity index (χ1n) is 6.63. The molecule has 0 saturated carbocycles. The molecule has 0 saturated heterocycles. The SMILES string of the molecule is CC(C)(C)c1[nH]nc2c1[C@H](c1ccco1)C(C#N)=C(N)O2. The number of aromatic amines is 1. The first-order chi connectivity index (χ1) is 9.93. The molecule has 0 bridgehead atoms. The second-order valence-electron chi connectivity index (χ2n) is 6.01. The molecule has 6 heteroatoms. The number of allylic oxidation sites excluding steroid dienone is 1. The molecule has 0 unspecified atom stereocenters. The quantitative estimate of drug-likeness (QED) is 0.837. The fraction of sp³-hybridized carbons (Fsp3) is 0.333. The zero-order valence-corrected chi connectivity index (χ0v) is 12.1. The monoisotopic (exact) mass is 284 g/mol. The van der Waals surface area contributed by atoms with Gasteiger partial charge in [0.25, 0.3) is 0 Å². The number of furan rings is 1. The minimum absolute atomic E-state index is 0.0679. The third-order valence-electron chi connectivity index (χ3n) is 3.52. The van der Waals surface area contributed by atoms with E-state index in [4.69, 9.17) is 14.9 Å². The summed E-state index contributed by atoms with van der Waals surface area (Å²) in [7, 11) is 0. The second kappa shape index (κ2) is 4.42. The molecule has 0 fully saturated rings. The van der Waals surface area contributed by atoms with Gasteiger partial charge < -0.3 is 14.9 Å². The van der Waals surface area contributed by atoms with Crippen LogP contribution < -0.4 is 10.5 Å². The number of nitriles is 1. The molecule has 0 radical (unpaired) electrons. The largest absolute Gasteiger partial charge is 0.468 e. The standard InChI is InChI=1S/C15H16N4O2/c1-15(2,3)12-11-10(9-5-4-6-20-9)8(7-16)13(17)21-14(11)19-18-12/h4-6,10H,17H2,1-3H3,(H,18,19)/t10-/m0/s1. The number of H-pyrrole nitrogens is 1. The van der Waals surface area contributed by atoms with Gasteiger partial charge >= 0.3 is 0 Å². The van der Waals surface area contributed by atoms with Gasteiger partial charge in [-0.2, -0.15) is 5.26 Å². The molecular weight excluding hydrogens is 268 g/mol. The van der Waals surface area contributed by atoms with Gasteiger partial charge in [0.15, 0.2) is 0 Å². The summed E-state index contributed by atoms with van der Waals surface area (Å²) in [5, 5.41) is 16.6. The highest BCUT2D eigenvalue weighted by molar-refractivity contribution is 5.54. The topological polar surface area (TPSA) is 101 Å². The summed E-state index contributed by atoms with van der Waals surface area (Å²) in [6, 6.07) is 5.74. The normalized spacial score (nSPS) is 18.1. The highest BCUT2D eigenvalue weighted by Gasteiger charge is 2.39. The minimum atomic E-state index is -0.401. The van der Waals surface area contributed by atoms with Crippen LogP contribution in [0.1, 0.15) is 43.7 Å². The number of nitrogens with two attached hydrogens (primary N) is 1. The van der Waals surface area contributed by atoms with Crippen LogP contribution in [0.25, 0.3) is 0 Å². The van der Waals surface area contributed by atoms with E-state index < -0.39 is 5.92 Å². The van der Waals surface area contributed by atoms with E-state index in [9.17, 15) is 5.26 Å². The number of fused-ring (bicyclic) bond motifs is 1. The van der Waals surface area contributed by atoms with Crippen LogP contribution in [0.15, 0.2) is 34.3 Å². The molecule has 3 rings (SSSR count). The molecule has 6 nitrogen and oxygen atoms in total. The van der Waals surface area contributed by atoms with Crippen molar-refractivity contribution >= 4 is 0 Å². The van der Waals surface area contributed by atoms with Crippen molar-refractivity contribution in [2.75, 3.05) is 0 Å². The highest BCUT2D eigenvalue weighted by atomic mass is 16.5. The summed E-state index contributed by atoms with van der Waals surface area (Å²) in [6.45, 7) is 6.19. The molecular formula is C15H16N4O2. The molecule has 0 spiro atoms. The van der Waals surface area contributed by atoms with Crippen molar-refractivity contribution in [3.63, 3.8) is 0 Å². The van der Waals surface area contributed by atoms with E-state index in [-0.39, 0.29) is 11.3 Å². The average Bonchev–Trinajstić information content (AvgIpc) is 3.04. The van der Waals surface area contributed by atoms with Crippen molar-refractivity contribution in [3.05, 3.63) is 46.9 Å². The smallest absolute Gasteiger partial charge is 0.244 e. The van der Waals surface area contributed by atoms with Gasteiger partial charge in [-0.3, -0.25) is 5.10 Å². The lowest BCUT2D eigenvalue weighted by Gasteiger charge is -2.25. The van der Waals surface area contributed by atoms with Gasteiger partial charge in [-0.1, -0.05) is 20.8 Å². The zero-order chi connectivity index (χ0) is 15.2. The highest BCUT2D eigenvalue weighted by Crippen LogP contribution is 2.45. The van der Waals surface area contributed by atoms with Crippen molar-refractivity contribution < 1.29 is 9.15 Å². The number of aromatic nitrogens is 2. The Morgan fingerprint density at radius 2 is 2.19 bits per heavy atom. The second-order valence-corrected chi connectivity index (χ2v) is 6.01.